The van der Waals surface area contributed by atoms with Crippen molar-refractivity contribution in [2.45, 2.75) is 18.7 Å². The van der Waals surface area contributed by atoms with Crippen LogP contribution in [0.1, 0.15) is 13.8 Å². The molecule has 0 aromatic heterocycles. The van der Waals surface area contributed by atoms with E-state index in [2.05, 4.69) is 31.8 Å². The molecule has 1 aromatic rings. The quantitative estimate of drug-likeness (QED) is 0.672. The molecule has 1 aromatic carbocycles. The molecule has 0 spiro atoms. The molecule has 0 saturated heterocycles. The first-order valence-corrected chi connectivity index (χ1v) is 4.70. The molecule has 0 aliphatic rings. The van der Waals surface area contributed by atoms with E-state index in [1.807, 2.05) is 30.3 Å². The zero-order chi connectivity index (χ0) is 9.23. The van der Waals surface area contributed by atoms with E-state index in [0.717, 1.165) is 18.0 Å². The molecule has 0 radical (unpaired) electrons. The van der Waals surface area contributed by atoms with Gasteiger partial charge in [-0.3, -0.25) is 0 Å². The maximum absolute atomic E-state index is 4.08. The summed E-state index contributed by atoms with van der Waals surface area (Å²) >= 11 is 4.08. The summed E-state index contributed by atoms with van der Waals surface area (Å²) in [6, 6.07) is 9.79. The van der Waals surface area contributed by atoms with Gasteiger partial charge in [0.1, 0.15) is 0 Å². The van der Waals surface area contributed by atoms with E-state index < -0.39 is 0 Å². The summed E-state index contributed by atoms with van der Waals surface area (Å²) in [6.07, 6.45) is 0. The third-order valence-electron chi connectivity index (χ3n) is 1.26. The van der Waals surface area contributed by atoms with Gasteiger partial charge in [0, 0.05) is 4.90 Å². The van der Waals surface area contributed by atoms with Crippen LogP contribution in [0.2, 0.25) is 0 Å². The first-order chi connectivity index (χ1) is 5.81. The first kappa shape index (κ1) is 11.5. The maximum Gasteiger partial charge on any atom is 0.00399 e. The minimum atomic E-state index is 1.02. The van der Waals surface area contributed by atoms with Crippen LogP contribution >= 0.6 is 12.6 Å². The summed E-state index contributed by atoms with van der Waals surface area (Å²) in [5, 5.41) is 3.11. The molecule has 0 bridgehead atoms. The average Bonchev–Trinajstić information content (AvgIpc) is 2.08. The van der Waals surface area contributed by atoms with Gasteiger partial charge in [0.25, 0.3) is 0 Å². The number of hydrogen-bond acceptors (Lipinski definition) is 2. The van der Waals surface area contributed by atoms with Crippen LogP contribution in [0.15, 0.2) is 35.2 Å². The van der Waals surface area contributed by atoms with E-state index >= 15 is 0 Å². The minimum Gasteiger partial charge on any atom is -0.317 e. The second-order valence-corrected chi connectivity index (χ2v) is 2.81. The predicted molar refractivity (Wildman–Crippen MR) is 57.9 cm³/mol. The Hall–Kier alpha value is -0.470. The van der Waals surface area contributed by atoms with Crippen LogP contribution in [0.5, 0.6) is 0 Å². The van der Waals surface area contributed by atoms with Crippen LogP contribution in [0.3, 0.4) is 0 Å². The molecule has 0 amide bonds. The van der Waals surface area contributed by atoms with Crippen LogP contribution in [-0.4, -0.2) is 13.1 Å². The molecule has 1 rings (SSSR count). The highest BCUT2D eigenvalue weighted by Gasteiger charge is 1.73. The van der Waals surface area contributed by atoms with E-state index in [4.69, 9.17) is 0 Å². The molecular weight excluding hydrogens is 166 g/mol. The summed E-state index contributed by atoms with van der Waals surface area (Å²) in [5.41, 5.74) is 0. The zero-order valence-corrected chi connectivity index (χ0v) is 8.64. The van der Waals surface area contributed by atoms with Crippen molar-refractivity contribution in [3.05, 3.63) is 30.3 Å². The molecule has 0 aliphatic heterocycles. The van der Waals surface area contributed by atoms with Gasteiger partial charge in [-0.15, -0.1) is 12.6 Å². The van der Waals surface area contributed by atoms with E-state index in [1.165, 1.54) is 0 Å². The Kier molecular flexibility index (Phi) is 8.29. The molecule has 2 heteroatoms. The second-order valence-electron chi connectivity index (χ2n) is 2.29. The van der Waals surface area contributed by atoms with Crippen molar-refractivity contribution in [3.8, 4) is 0 Å². The molecule has 0 heterocycles. The topological polar surface area (TPSA) is 12.0 Å². The second kappa shape index (κ2) is 8.62. The van der Waals surface area contributed by atoms with Crippen molar-refractivity contribution in [2.24, 2.45) is 0 Å². The molecule has 1 nitrogen and oxygen atoms in total. The number of thiol groups is 1. The fourth-order valence-corrected chi connectivity index (χ4v) is 0.850. The molecule has 12 heavy (non-hydrogen) atoms. The van der Waals surface area contributed by atoms with Crippen LogP contribution in [0, 0.1) is 0 Å². The molecule has 68 valence electrons. The fourth-order valence-electron chi connectivity index (χ4n) is 0.678. The third-order valence-corrected chi connectivity index (χ3v) is 1.55. The molecular formula is C10H17NS. The summed E-state index contributed by atoms with van der Waals surface area (Å²) in [6.45, 7) is 6.39. The lowest BCUT2D eigenvalue weighted by atomic mass is 10.4. The maximum atomic E-state index is 4.08. The van der Waals surface area contributed by atoms with Crippen LogP contribution in [0.25, 0.3) is 0 Å². The van der Waals surface area contributed by atoms with Crippen molar-refractivity contribution in [1.82, 2.24) is 5.32 Å². The van der Waals surface area contributed by atoms with E-state index in [0.29, 0.717) is 0 Å². The Morgan fingerprint density at radius 1 is 1.08 bits per heavy atom. The largest absolute Gasteiger partial charge is 0.317 e. The molecule has 0 unspecified atom stereocenters. The highest BCUT2D eigenvalue weighted by atomic mass is 32.1. The summed E-state index contributed by atoms with van der Waals surface area (Å²) in [7, 11) is 0. The van der Waals surface area contributed by atoms with Gasteiger partial charge in [0.2, 0.25) is 0 Å². The van der Waals surface area contributed by atoms with Crippen LogP contribution in [0.4, 0.5) is 0 Å². The molecule has 0 saturated carbocycles. The van der Waals surface area contributed by atoms with Gasteiger partial charge in [-0.05, 0) is 25.2 Å². The van der Waals surface area contributed by atoms with Crippen molar-refractivity contribution < 1.29 is 0 Å². The van der Waals surface area contributed by atoms with Crippen molar-refractivity contribution >= 4 is 12.6 Å². The number of hydrogen-bond donors (Lipinski definition) is 2. The van der Waals surface area contributed by atoms with E-state index in [9.17, 15) is 0 Å². The Labute approximate surface area is 80.6 Å². The number of benzene rings is 1. The molecule has 0 atom stereocenters. The standard InChI is InChI=1S/C6H6S.C4H11N/c7-6-4-2-1-3-5-6;1-3-5-4-2/h1-5,7H;5H,3-4H2,1-2H3. The number of nitrogens with one attached hydrogen (secondary N) is 1. The van der Waals surface area contributed by atoms with Crippen molar-refractivity contribution in [1.29, 1.82) is 0 Å². The molecule has 0 fully saturated rings. The van der Waals surface area contributed by atoms with Gasteiger partial charge < -0.3 is 5.32 Å². The Bertz CT molecular complexity index is 172. The summed E-state index contributed by atoms with van der Waals surface area (Å²) in [4.78, 5) is 1.02. The normalized spacial score (nSPS) is 8.58. The van der Waals surface area contributed by atoms with E-state index in [1.54, 1.807) is 0 Å². The Balaban J connectivity index is 0.000000217. The van der Waals surface area contributed by atoms with Crippen molar-refractivity contribution in [2.75, 3.05) is 13.1 Å². The number of rotatable bonds is 2. The first-order valence-electron chi connectivity index (χ1n) is 4.26. The van der Waals surface area contributed by atoms with Gasteiger partial charge in [0.05, 0.1) is 0 Å². The van der Waals surface area contributed by atoms with Crippen molar-refractivity contribution in [3.63, 3.8) is 0 Å². The highest BCUT2D eigenvalue weighted by molar-refractivity contribution is 7.80. The smallest absolute Gasteiger partial charge is 0.00399 e. The lowest BCUT2D eigenvalue weighted by Gasteiger charge is -1.86. The third kappa shape index (κ3) is 7.63. The van der Waals surface area contributed by atoms with Crippen LogP contribution < -0.4 is 5.32 Å². The van der Waals surface area contributed by atoms with E-state index in [-0.39, 0.29) is 0 Å². The highest BCUT2D eigenvalue weighted by Crippen LogP contribution is 2.00. The van der Waals surface area contributed by atoms with Gasteiger partial charge >= 0.3 is 0 Å². The lowest BCUT2D eigenvalue weighted by Crippen LogP contribution is -2.09. The lowest BCUT2D eigenvalue weighted by molar-refractivity contribution is 0.762. The summed E-state index contributed by atoms with van der Waals surface area (Å²) < 4.78 is 0. The molecule has 1 N–H and O–H groups in total. The van der Waals surface area contributed by atoms with Crippen LogP contribution in [-0.2, 0) is 0 Å². The fraction of sp³-hybridized carbons (Fsp3) is 0.400. The van der Waals surface area contributed by atoms with Gasteiger partial charge in [-0.25, -0.2) is 0 Å². The Morgan fingerprint density at radius 3 is 1.75 bits per heavy atom. The van der Waals surface area contributed by atoms with Gasteiger partial charge in [0.15, 0.2) is 0 Å². The average molecular weight is 183 g/mol. The molecule has 0 aliphatic carbocycles. The van der Waals surface area contributed by atoms with Gasteiger partial charge in [-0.1, -0.05) is 32.0 Å². The van der Waals surface area contributed by atoms with Gasteiger partial charge in [-0.2, -0.15) is 0 Å². The zero-order valence-electron chi connectivity index (χ0n) is 7.75. The Morgan fingerprint density at radius 2 is 1.58 bits per heavy atom. The SMILES string of the molecule is CCNCC.Sc1ccccc1. The predicted octanol–water partition coefficient (Wildman–Crippen LogP) is 2.59. The monoisotopic (exact) mass is 183 g/mol. The minimum absolute atomic E-state index is 1.02. The summed E-state index contributed by atoms with van der Waals surface area (Å²) in [5.74, 6) is 0.